The van der Waals surface area contributed by atoms with Crippen molar-refractivity contribution in [1.29, 1.82) is 0 Å². The van der Waals surface area contributed by atoms with Crippen LogP contribution in [0.4, 0.5) is 4.79 Å². The quantitative estimate of drug-likeness (QED) is 0.686. The first-order chi connectivity index (χ1) is 8.70. The molecule has 0 saturated heterocycles. The van der Waals surface area contributed by atoms with E-state index in [2.05, 4.69) is 16.0 Å². The third-order valence-electron chi connectivity index (χ3n) is 3.96. The Bertz CT molecular complexity index is 715. The van der Waals surface area contributed by atoms with E-state index in [-0.39, 0.29) is 5.41 Å². The Hall–Kier alpha value is -2.17. The van der Waals surface area contributed by atoms with Crippen LogP contribution in [-0.2, 0) is 0 Å². The van der Waals surface area contributed by atoms with Gasteiger partial charge in [-0.3, -0.25) is 4.90 Å². The zero-order valence-corrected chi connectivity index (χ0v) is 9.76. The third kappa shape index (κ3) is 1.13. The van der Waals surface area contributed by atoms with Crippen molar-refractivity contribution in [3.63, 3.8) is 0 Å². The van der Waals surface area contributed by atoms with Crippen LogP contribution in [0.5, 0.6) is 0 Å². The molecule has 0 radical (unpaired) electrons. The summed E-state index contributed by atoms with van der Waals surface area (Å²) in [6.45, 7) is 0.672. The van der Waals surface area contributed by atoms with E-state index in [1.54, 1.807) is 17.3 Å². The number of amides is 2. The molecule has 1 aromatic heterocycles. The van der Waals surface area contributed by atoms with Gasteiger partial charge in [-0.05, 0) is 30.5 Å². The van der Waals surface area contributed by atoms with E-state index in [4.69, 9.17) is 5.73 Å². The van der Waals surface area contributed by atoms with Gasteiger partial charge in [0.15, 0.2) is 5.49 Å². The molecule has 4 rings (SSSR count). The number of nitrogens with two attached hydrogens (primary N) is 1. The maximum Gasteiger partial charge on any atom is 0.318 e. The highest BCUT2D eigenvalue weighted by atomic mass is 16.2. The van der Waals surface area contributed by atoms with Gasteiger partial charge in [0.1, 0.15) is 0 Å². The topological polar surface area (TPSA) is 71.6 Å². The number of aromatic nitrogens is 1. The molecule has 0 aromatic carbocycles. The predicted octanol–water partition coefficient (Wildman–Crippen LogP) is -0.119. The minimum atomic E-state index is -0.410. The molecule has 1 saturated carbocycles. The molecule has 0 atom stereocenters. The minimum Gasteiger partial charge on any atom is -0.351 e. The normalized spacial score (nSPS) is 22.1. The molecule has 1 aliphatic carbocycles. The minimum absolute atomic E-state index is 0.0664. The van der Waals surface area contributed by atoms with Gasteiger partial charge in [-0.25, -0.2) is 14.8 Å². The number of allylic oxidation sites excluding steroid dienone is 1. The zero-order valence-electron chi connectivity index (χ0n) is 9.76. The summed E-state index contributed by atoms with van der Waals surface area (Å²) in [4.78, 5) is 21.7. The summed E-state index contributed by atoms with van der Waals surface area (Å²) in [5.41, 5.74) is 8.31. The summed E-state index contributed by atoms with van der Waals surface area (Å²) in [6.07, 6.45) is 5.68. The van der Waals surface area contributed by atoms with Crippen molar-refractivity contribution in [1.82, 2.24) is 9.88 Å². The average molecular weight is 240 g/mol. The Morgan fingerprint density at radius 2 is 2.28 bits per heavy atom. The predicted molar refractivity (Wildman–Crippen MR) is 64.5 cm³/mol. The molecule has 0 unspecified atom stereocenters. The van der Waals surface area contributed by atoms with Crippen molar-refractivity contribution in [2.45, 2.75) is 12.8 Å². The van der Waals surface area contributed by atoms with Gasteiger partial charge in [0.25, 0.3) is 0 Å². The summed E-state index contributed by atoms with van der Waals surface area (Å²) in [7, 11) is 0. The molecule has 18 heavy (non-hydrogen) atoms. The van der Waals surface area contributed by atoms with Crippen molar-refractivity contribution in [2.75, 3.05) is 6.54 Å². The monoisotopic (exact) mass is 240 g/mol. The van der Waals surface area contributed by atoms with Crippen LogP contribution in [0.25, 0.3) is 5.57 Å². The van der Waals surface area contributed by atoms with E-state index >= 15 is 0 Å². The fourth-order valence-electron chi connectivity index (χ4n) is 2.94. The van der Waals surface area contributed by atoms with E-state index in [1.165, 1.54) is 5.57 Å². The second-order valence-electron chi connectivity index (χ2n) is 5.12. The maximum absolute atomic E-state index is 11.4. The molecule has 3 aliphatic rings. The molecule has 2 N–H and O–H groups in total. The molecular weight excluding hydrogens is 228 g/mol. The van der Waals surface area contributed by atoms with Crippen molar-refractivity contribution in [3.05, 3.63) is 40.9 Å². The Kier molecular flexibility index (Phi) is 1.63. The molecule has 90 valence electrons. The zero-order chi connectivity index (χ0) is 12.3. The SMILES string of the molecule is NC(=O)N1C=C2N=c3ncccc3=C2C2(CC2)C1. The average Bonchev–Trinajstić information content (AvgIpc) is 3.00. The second kappa shape index (κ2) is 2.98. The van der Waals surface area contributed by atoms with Gasteiger partial charge in [0.2, 0.25) is 0 Å². The lowest BCUT2D eigenvalue weighted by Crippen LogP contribution is -2.40. The third-order valence-corrected chi connectivity index (χ3v) is 3.96. The molecule has 5 nitrogen and oxygen atoms in total. The van der Waals surface area contributed by atoms with Gasteiger partial charge in [-0.1, -0.05) is 0 Å². The number of urea groups is 1. The van der Waals surface area contributed by atoms with Crippen LogP contribution >= 0.6 is 0 Å². The Morgan fingerprint density at radius 1 is 1.44 bits per heavy atom. The highest BCUT2D eigenvalue weighted by Crippen LogP contribution is 2.57. The van der Waals surface area contributed by atoms with E-state index in [1.807, 2.05) is 6.07 Å². The second-order valence-corrected chi connectivity index (χ2v) is 5.12. The number of primary amides is 1. The van der Waals surface area contributed by atoms with E-state index in [0.29, 0.717) is 6.54 Å². The summed E-state index contributed by atoms with van der Waals surface area (Å²) < 4.78 is 0. The van der Waals surface area contributed by atoms with Gasteiger partial charge in [-0.15, -0.1) is 0 Å². The highest BCUT2D eigenvalue weighted by Gasteiger charge is 2.52. The molecule has 0 bridgehead atoms. The summed E-state index contributed by atoms with van der Waals surface area (Å²) in [5.74, 6) is 0. The van der Waals surface area contributed by atoms with Crippen molar-refractivity contribution >= 4 is 11.6 Å². The van der Waals surface area contributed by atoms with Crippen LogP contribution in [0.15, 0.2) is 35.2 Å². The first-order valence-electron chi connectivity index (χ1n) is 6.02. The summed E-state index contributed by atoms with van der Waals surface area (Å²) in [5, 5.41) is 1.12. The Morgan fingerprint density at radius 3 is 3.00 bits per heavy atom. The molecule has 2 amide bonds. The fraction of sp³-hybridized carbons (Fsp3) is 0.308. The summed E-state index contributed by atoms with van der Waals surface area (Å²) in [6, 6.07) is 3.58. The number of fused-ring (bicyclic) bond motifs is 3. The lowest BCUT2D eigenvalue weighted by Gasteiger charge is -2.30. The van der Waals surface area contributed by atoms with Crippen LogP contribution in [-0.4, -0.2) is 22.5 Å². The van der Waals surface area contributed by atoms with Crippen LogP contribution in [0.1, 0.15) is 12.8 Å². The molecular formula is C13H12N4O. The van der Waals surface area contributed by atoms with Gasteiger partial charge in [-0.2, -0.15) is 0 Å². The first-order valence-corrected chi connectivity index (χ1v) is 6.02. The standard InChI is InChI=1S/C13H12N4O/c14-12(18)17-6-9-10(13(7-17)3-4-13)8-2-1-5-15-11(8)16-9/h1-2,5-6H,3-4,7H2,(H2,14,18). The lowest BCUT2D eigenvalue weighted by molar-refractivity contribution is 0.218. The van der Waals surface area contributed by atoms with Crippen molar-refractivity contribution in [3.8, 4) is 0 Å². The van der Waals surface area contributed by atoms with Crippen molar-refractivity contribution < 1.29 is 4.79 Å². The number of rotatable bonds is 0. The van der Waals surface area contributed by atoms with Crippen LogP contribution in [0.3, 0.4) is 0 Å². The smallest absolute Gasteiger partial charge is 0.318 e. The van der Waals surface area contributed by atoms with Gasteiger partial charge < -0.3 is 5.73 Å². The van der Waals surface area contributed by atoms with Crippen LogP contribution < -0.4 is 16.4 Å². The number of nitrogens with zero attached hydrogens (tertiary/aromatic N) is 3. The molecule has 1 spiro atoms. The van der Waals surface area contributed by atoms with Crippen LogP contribution in [0.2, 0.25) is 0 Å². The van der Waals surface area contributed by atoms with Gasteiger partial charge >= 0.3 is 6.03 Å². The van der Waals surface area contributed by atoms with Crippen molar-refractivity contribution in [2.24, 2.45) is 16.1 Å². The Labute approximate surface area is 103 Å². The van der Waals surface area contributed by atoms with Crippen LogP contribution in [0, 0.1) is 5.41 Å². The molecule has 2 aliphatic heterocycles. The first kappa shape index (κ1) is 9.82. The van der Waals surface area contributed by atoms with E-state index in [0.717, 1.165) is 29.2 Å². The number of carbonyl (C=O) groups excluding carboxylic acids is 1. The molecule has 3 heterocycles. The number of hydrogen-bond acceptors (Lipinski definition) is 3. The molecule has 5 heteroatoms. The number of hydrogen-bond donors (Lipinski definition) is 1. The molecule has 1 fully saturated rings. The summed E-state index contributed by atoms with van der Waals surface area (Å²) >= 11 is 0. The Balaban J connectivity index is 2.02. The van der Waals surface area contributed by atoms with Gasteiger partial charge in [0.05, 0.1) is 5.70 Å². The molecule has 1 aromatic rings. The highest BCUT2D eigenvalue weighted by molar-refractivity contribution is 5.80. The van der Waals surface area contributed by atoms with E-state index in [9.17, 15) is 4.79 Å². The fourth-order valence-corrected chi connectivity index (χ4v) is 2.94. The van der Waals surface area contributed by atoms with Gasteiger partial charge in [0, 0.05) is 29.6 Å². The lowest BCUT2D eigenvalue weighted by atomic mass is 9.89. The number of carbonyl (C=O) groups is 1. The van der Waals surface area contributed by atoms with E-state index < -0.39 is 6.03 Å². The maximum atomic E-state index is 11.4. The largest absolute Gasteiger partial charge is 0.351 e. The number of pyridine rings is 1.